The Labute approximate surface area is 158 Å². The number of benzene rings is 2. The van der Waals surface area contributed by atoms with Crippen LogP contribution in [0.3, 0.4) is 0 Å². The maximum atomic E-state index is 12.8. The fraction of sp³-hybridized carbons (Fsp3) is 0.235. The smallest absolute Gasteiger partial charge is 0.321 e. The largest absolute Gasteiger partial charge is 0.465 e. The van der Waals surface area contributed by atoms with Crippen LogP contribution < -0.4 is 0 Å². The normalized spacial score (nSPS) is 12.6. The summed E-state index contributed by atoms with van der Waals surface area (Å²) in [6, 6.07) is 7.83. The van der Waals surface area contributed by atoms with Gasteiger partial charge in [-0.1, -0.05) is 12.1 Å². The molecular weight excluding hydrogens is 374 g/mol. The molecule has 2 aromatic rings. The minimum absolute atomic E-state index is 0.0117. The molecule has 0 bridgehead atoms. The van der Waals surface area contributed by atoms with E-state index in [2.05, 4.69) is 0 Å². The van der Waals surface area contributed by atoms with Gasteiger partial charge in [0.15, 0.2) is 0 Å². The first-order valence-electron chi connectivity index (χ1n) is 7.98. The van der Waals surface area contributed by atoms with Gasteiger partial charge >= 0.3 is 5.97 Å². The monoisotopic (exact) mass is 389 g/mol. The number of nitro groups is 3. The van der Waals surface area contributed by atoms with Crippen molar-refractivity contribution in [1.29, 1.82) is 0 Å². The van der Waals surface area contributed by atoms with Gasteiger partial charge in [-0.15, -0.1) is 0 Å². The summed E-state index contributed by atoms with van der Waals surface area (Å²) in [6.45, 7) is 2.90. The molecule has 0 aliphatic rings. The van der Waals surface area contributed by atoms with Gasteiger partial charge in [0.1, 0.15) is 5.41 Å². The zero-order chi connectivity index (χ0) is 21.1. The molecule has 11 nitrogen and oxygen atoms in total. The molecule has 0 aromatic heterocycles. The van der Waals surface area contributed by atoms with Crippen LogP contribution in [0.4, 0.5) is 17.1 Å². The number of ether oxygens (including phenoxy) is 1. The molecule has 0 aliphatic carbocycles. The fourth-order valence-electron chi connectivity index (χ4n) is 2.78. The molecule has 0 spiro atoms. The predicted octanol–water partition coefficient (Wildman–Crippen LogP) is 3.28. The number of nitrogens with zero attached hydrogens (tertiary/aromatic N) is 3. The number of nitro benzene ring substituents is 3. The first kappa shape index (κ1) is 20.4. The Bertz CT molecular complexity index is 957. The third kappa shape index (κ3) is 3.63. The second-order valence-corrected chi connectivity index (χ2v) is 5.87. The average molecular weight is 389 g/mol. The van der Waals surface area contributed by atoms with Crippen molar-refractivity contribution >= 4 is 23.0 Å². The molecule has 0 radical (unpaired) electrons. The van der Waals surface area contributed by atoms with Crippen LogP contribution in [0, 0.1) is 30.3 Å². The highest BCUT2D eigenvalue weighted by atomic mass is 16.6. The summed E-state index contributed by atoms with van der Waals surface area (Å²) >= 11 is 0. The van der Waals surface area contributed by atoms with Crippen LogP contribution in [0.2, 0.25) is 0 Å². The summed E-state index contributed by atoms with van der Waals surface area (Å²) in [4.78, 5) is 43.9. The number of hydrogen-bond donors (Lipinski definition) is 0. The third-order valence-corrected chi connectivity index (χ3v) is 4.27. The minimum atomic E-state index is -1.72. The van der Waals surface area contributed by atoms with Crippen LogP contribution in [-0.4, -0.2) is 27.3 Å². The van der Waals surface area contributed by atoms with E-state index < -0.39 is 37.5 Å². The van der Waals surface area contributed by atoms with Crippen LogP contribution in [0.25, 0.3) is 0 Å². The summed E-state index contributed by atoms with van der Waals surface area (Å²) in [7, 11) is 0. The number of hydrogen-bond acceptors (Lipinski definition) is 8. The highest BCUT2D eigenvalue weighted by Gasteiger charge is 2.44. The molecule has 0 saturated heterocycles. The van der Waals surface area contributed by atoms with E-state index in [-0.39, 0.29) is 23.4 Å². The SMILES string of the molecule is CCOC(=O)C(C)(c1ccc([N+](=O)[O-])cc1)c1ccc([N+](=O)[O-])cc1[N+](=O)[O-]. The Morgan fingerprint density at radius 3 is 1.93 bits per heavy atom. The van der Waals surface area contributed by atoms with Crippen molar-refractivity contribution in [2.45, 2.75) is 19.3 Å². The van der Waals surface area contributed by atoms with Crippen molar-refractivity contribution in [3.8, 4) is 0 Å². The molecule has 1 atom stereocenters. The van der Waals surface area contributed by atoms with E-state index in [1.807, 2.05) is 0 Å². The van der Waals surface area contributed by atoms with Crippen molar-refractivity contribution in [3.63, 3.8) is 0 Å². The first-order valence-corrected chi connectivity index (χ1v) is 7.98. The Hall–Kier alpha value is -3.89. The molecule has 0 N–H and O–H groups in total. The molecule has 1 unspecified atom stereocenters. The predicted molar refractivity (Wildman–Crippen MR) is 95.9 cm³/mol. The number of rotatable bonds is 7. The molecule has 11 heteroatoms. The molecule has 0 fully saturated rings. The maximum Gasteiger partial charge on any atom is 0.321 e. The quantitative estimate of drug-likeness (QED) is 0.397. The number of carbonyl (C=O) groups is 1. The average Bonchev–Trinajstić information content (AvgIpc) is 2.66. The zero-order valence-electron chi connectivity index (χ0n) is 14.9. The second-order valence-electron chi connectivity index (χ2n) is 5.87. The van der Waals surface area contributed by atoms with E-state index in [0.717, 1.165) is 30.3 Å². The molecule has 0 heterocycles. The summed E-state index contributed by atoms with van der Waals surface area (Å²) in [5.41, 5.74) is -3.02. The Morgan fingerprint density at radius 2 is 1.46 bits per heavy atom. The van der Waals surface area contributed by atoms with Crippen molar-refractivity contribution in [1.82, 2.24) is 0 Å². The highest BCUT2D eigenvalue weighted by Crippen LogP contribution is 2.40. The van der Waals surface area contributed by atoms with Gasteiger partial charge in [0, 0.05) is 18.2 Å². The lowest BCUT2D eigenvalue weighted by Crippen LogP contribution is -2.36. The summed E-state index contributed by atoms with van der Waals surface area (Å²) in [5.74, 6) is -0.833. The van der Waals surface area contributed by atoms with E-state index in [4.69, 9.17) is 4.74 Å². The van der Waals surface area contributed by atoms with Gasteiger partial charge in [0.05, 0.1) is 33.0 Å². The van der Waals surface area contributed by atoms with Crippen LogP contribution in [0.15, 0.2) is 42.5 Å². The molecule has 0 aliphatic heterocycles. The van der Waals surface area contributed by atoms with Gasteiger partial charge in [-0.3, -0.25) is 35.1 Å². The van der Waals surface area contributed by atoms with Crippen molar-refractivity contribution in [2.75, 3.05) is 6.61 Å². The molecule has 146 valence electrons. The van der Waals surface area contributed by atoms with E-state index in [1.165, 1.54) is 19.1 Å². The van der Waals surface area contributed by atoms with Crippen LogP contribution in [0.1, 0.15) is 25.0 Å². The highest BCUT2D eigenvalue weighted by molar-refractivity contribution is 5.89. The Balaban J connectivity index is 2.76. The van der Waals surface area contributed by atoms with Gasteiger partial charge in [-0.25, -0.2) is 0 Å². The number of carbonyl (C=O) groups excluding carboxylic acids is 1. The number of non-ortho nitro benzene ring substituents is 2. The van der Waals surface area contributed by atoms with E-state index in [0.29, 0.717) is 0 Å². The summed E-state index contributed by atoms with van der Waals surface area (Å²) < 4.78 is 5.08. The van der Waals surface area contributed by atoms with Crippen LogP contribution >= 0.6 is 0 Å². The lowest BCUT2D eigenvalue weighted by atomic mass is 9.75. The maximum absolute atomic E-state index is 12.8. The standard InChI is InChI=1S/C17H15N3O8/c1-3-28-16(21)17(2,11-4-6-12(7-5-11)18(22)23)14-9-8-13(19(24)25)10-15(14)20(26)27/h4-10H,3H2,1-2H3. The van der Waals surface area contributed by atoms with Gasteiger partial charge < -0.3 is 4.74 Å². The fourth-order valence-corrected chi connectivity index (χ4v) is 2.78. The lowest BCUT2D eigenvalue weighted by Gasteiger charge is -2.27. The molecule has 2 rings (SSSR count). The van der Waals surface area contributed by atoms with Gasteiger partial charge in [0.2, 0.25) is 0 Å². The van der Waals surface area contributed by atoms with Gasteiger partial charge in [-0.2, -0.15) is 0 Å². The molecular formula is C17H15N3O8. The van der Waals surface area contributed by atoms with Gasteiger partial charge in [0.25, 0.3) is 17.1 Å². The molecule has 28 heavy (non-hydrogen) atoms. The minimum Gasteiger partial charge on any atom is -0.465 e. The zero-order valence-corrected chi connectivity index (χ0v) is 14.9. The van der Waals surface area contributed by atoms with Crippen molar-refractivity contribution < 1.29 is 24.3 Å². The summed E-state index contributed by atoms with van der Waals surface area (Å²) in [5, 5.41) is 33.4. The molecule has 2 aromatic carbocycles. The topological polar surface area (TPSA) is 156 Å². The van der Waals surface area contributed by atoms with Gasteiger partial charge in [-0.05, 0) is 25.5 Å². The Kier molecular flexibility index (Phi) is 5.67. The van der Waals surface area contributed by atoms with E-state index >= 15 is 0 Å². The van der Waals surface area contributed by atoms with Crippen LogP contribution in [-0.2, 0) is 14.9 Å². The second kappa shape index (κ2) is 7.78. The Morgan fingerprint density at radius 1 is 0.929 bits per heavy atom. The van der Waals surface area contributed by atoms with E-state index in [9.17, 15) is 35.1 Å². The number of esters is 1. The first-order chi connectivity index (χ1) is 13.1. The van der Waals surface area contributed by atoms with Crippen LogP contribution in [0.5, 0.6) is 0 Å². The van der Waals surface area contributed by atoms with Crippen molar-refractivity contribution in [3.05, 3.63) is 83.9 Å². The van der Waals surface area contributed by atoms with Crippen molar-refractivity contribution in [2.24, 2.45) is 0 Å². The molecule has 0 amide bonds. The third-order valence-electron chi connectivity index (χ3n) is 4.27. The van der Waals surface area contributed by atoms with E-state index in [1.54, 1.807) is 6.92 Å². The summed E-state index contributed by atoms with van der Waals surface area (Å²) in [6.07, 6.45) is 0. The lowest BCUT2D eigenvalue weighted by molar-refractivity contribution is -0.394. The molecule has 0 saturated carbocycles.